The third-order valence-electron chi connectivity index (χ3n) is 5.78. The van der Waals surface area contributed by atoms with E-state index < -0.39 is 0 Å². The number of hydrogen-bond acceptors (Lipinski definition) is 7. The van der Waals surface area contributed by atoms with Gasteiger partial charge < -0.3 is 9.73 Å². The summed E-state index contributed by atoms with van der Waals surface area (Å²) in [5.74, 6) is 1.11. The number of rotatable bonds is 6. The van der Waals surface area contributed by atoms with Crippen molar-refractivity contribution in [3.8, 4) is 16.9 Å². The molecule has 0 aliphatic rings. The van der Waals surface area contributed by atoms with Crippen LogP contribution in [0.5, 0.6) is 0 Å². The van der Waals surface area contributed by atoms with Gasteiger partial charge >= 0.3 is 0 Å². The number of carbonyl (C=O) groups is 1. The molecule has 6 aromatic rings. The summed E-state index contributed by atoms with van der Waals surface area (Å²) >= 11 is 0. The number of anilines is 1. The maximum atomic E-state index is 13.6. The largest absolute Gasteiger partial charge is 0.467 e. The van der Waals surface area contributed by atoms with Gasteiger partial charge in [0.2, 0.25) is 0 Å². The Morgan fingerprint density at radius 1 is 1.03 bits per heavy atom. The van der Waals surface area contributed by atoms with Crippen molar-refractivity contribution in [2.45, 2.75) is 13.5 Å². The van der Waals surface area contributed by atoms with E-state index in [1.165, 1.54) is 0 Å². The molecule has 176 valence electrons. The van der Waals surface area contributed by atoms with Crippen LogP contribution in [0.2, 0.25) is 0 Å². The lowest BCUT2D eigenvalue weighted by molar-refractivity contribution is 0.102. The first kappa shape index (κ1) is 21.4. The fraction of sp³-hybridized carbons (Fsp3) is 0.0769. The Morgan fingerprint density at radius 3 is 2.69 bits per heavy atom. The minimum absolute atomic E-state index is 0.275. The highest BCUT2D eigenvalue weighted by atomic mass is 16.3. The number of nitrogens with zero attached hydrogens (tertiary/aromatic N) is 7. The molecular formula is C26H20N8O2. The van der Waals surface area contributed by atoms with E-state index in [0.717, 1.165) is 17.0 Å². The standard InChI is InChI=1S/C26H20N8O2/c1-17-30-31-32-34(17)20-10-5-9-19(13-20)28-26(35)22-14-24(18-7-3-2-4-8-18)29-25-23(22)15-27-33(25)16-21-11-6-12-36-21/h2-15H,16H2,1H3,(H,28,35). The molecule has 4 heterocycles. The third kappa shape index (κ3) is 4.00. The van der Waals surface area contributed by atoms with E-state index in [0.29, 0.717) is 40.3 Å². The Hall–Kier alpha value is -5.12. The van der Waals surface area contributed by atoms with Crippen molar-refractivity contribution in [2.24, 2.45) is 0 Å². The van der Waals surface area contributed by atoms with Crippen LogP contribution < -0.4 is 5.32 Å². The molecule has 10 nitrogen and oxygen atoms in total. The molecule has 36 heavy (non-hydrogen) atoms. The minimum atomic E-state index is -0.275. The topological polar surface area (TPSA) is 117 Å². The molecule has 0 saturated carbocycles. The van der Waals surface area contributed by atoms with E-state index in [1.807, 2.05) is 73.7 Å². The smallest absolute Gasteiger partial charge is 0.256 e. The zero-order valence-corrected chi connectivity index (χ0v) is 19.2. The van der Waals surface area contributed by atoms with Crippen molar-refractivity contribution in [3.05, 3.63) is 102 Å². The van der Waals surface area contributed by atoms with Crippen LogP contribution in [0.15, 0.2) is 89.7 Å². The molecule has 1 N–H and O–H groups in total. The summed E-state index contributed by atoms with van der Waals surface area (Å²) < 4.78 is 8.83. The fourth-order valence-electron chi connectivity index (χ4n) is 4.04. The summed E-state index contributed by atoms with van der Waals surface area (Å²) in [4.78, 5) is 18.4. The van der Waals surface area contributed by atoms with Crippen molar-refractivity contribution >= 4 is 22.6 Å². The second-order valence-electron chi connectivity index (χ2n) is 8.18. The first-order valence-electron chi connectivity index (χ1n) is 11.3. The number of nitrogens with one attached hydrogen (secondary N) is 1. The summed E-state index contributed by atoms with van der Waals surface area (Å²) in [5.41, 5.74) is 3.99. The van der Waals surface area contributed by atoms with Crippen molar-refractivity contribution in [3.63, 3.8) is 0 Å². The summed E-state index contributed by atoms with van der Waals surface area (Å²) in [5, 5.41) is 19.8. The first-order valence-corrected chi connectivity index (χ1v) is 11.3. The van der Waals surface area contributed by atoms with Crippen LogP contribution in [0.1, 0.15) is 21.9 Å². The molecule has 0 unspecified atom stereocenters. The lowest BCUT2D eigenvalue weighted by atomic mass is 10.1. The fourth-order valence-corrected chi connectivity index (χ4v) is 4.04. The van der Waals surface area contributed by atoms with Crippen LogP contribution in [0.25, 0.3) is 28.0 Å². The van der Waals surface area contributed by atoms with E-state index in [1.54, 1.807) is 27.9 Å². The van der Waals surface area contributed by atoms with Crippen LogP contribution in [-0.2, 0) is 6.54 Å². The van der Waals surface area contributed by atoms with Crippen LogP contribution in [0, 0.1) is 6.92 Å². The van der Waals surface area contributed by atoms with Crippen LogP contribution >= 0.6 is 0 Å². The lowest BCUT2D eigenvalue weighted by Crippen LogP contribution is -2.14. The summed E-state index contributed by atoms with van der Waals surface area (Å²) in [7, 11) is 0. The summed E-state index contributed by atoms with van der Waals surface area (Å²) in [6.45, 7) is 2.21. The van der Waals surface area contributed by atoms with Gasteiger partial charge in [0.25, 0.3) is 5.91 Å². The number of tetrazole rings is 1. The molecular weight excluding hydrogens is 456 g/mol. The van der Waals surface area contributed by atoms with Crippen molar-refractivity contribution in [1.82, 2.24) is 35.0 Å². The monoisotopic (exact) mass is 476 g/mol. The number of carbonyl (C=O) groups excluding carboxylic acids is 1. The number of aryl methyl sites for hydroxylation is 1. The number of hydrogen-bond donors (Lipinski definition) is 1. The van der Waals surface area contributed by atoms with Gasteiger partial charge in [-0.3, -0.25) is 4.79 Å². The number of amides is 1. The third-order valence-corrected chi connectivity index (χ3v) is 5.78. The number of pyridine rings is 1. The second-order valence-corrected chi connectivity index (χ2v) is 8.18. The molecule has 0 saturated heterocycles. The molecule has 0 radical (unpaired) electrons. The maximum Gasteiger partial charge on any atom is 0.256 e. The summed E-state index contributed by atoms with van der Waals surface area (Å²) in [6, 6.07) is 22.6. The quantitative estimate of drug-likeness (QED) is 0.381. The van der Waals surface area contributed by atoms with E-state index >= 15 is 0 Å². The van der Waals surface area contributed by atoms with Gasteiger partial charge in [-0.2, -0.15) is 9.78 Å². The van der Waals surface area contributed by atoms with Crippen LogP contribution in [0.3, 0.4) is 0 Å². The van der Waals surface area contributed by atoms with Gasteiger partial charge in [0, 0.05) is 11.3 Å². The molecule has 0 aliphatic heterocycles. The van der Waals surface area contributed by atoms with Gasteiger partial charge in [0.15, 0.2) is 11.5 Å². The molecule has 0 fully saturated rings. The lowest BCUT2D eigenvalue weighted by Gasteiger charge is -2.11. The molecule has 0 spiro atoms. The van der Waals surface area contributed by atoms with Gasteiger partial charge in [-0.25, -0.2) is 9.67 Å². The maximum absolute atomic E-state index is 13.6. The van der Waals surface area contributed by atoms with Crippen molar-refractivity contribution in [2.75, 3.05) is 5.32 Å². The van der Waals surface area contributed by atoms with E-state index in [9.17, 15) is 4.79 Å². The van der Waals surface area contributed by atoms with Gasteiger partial charge in [0.1, 0.15) is 12.3 Å². The zero-order chi connectivity index (χ0) is 24.5. The predicted molar refractivity (Wildman–Crippen MR) is 133 cm³/mol. The predicted octanol–water partition coefficient (Wildman–Crippen LogP) is 4.28. The Bertz CT molecular complexity index is 1670. The van der Waals surface area contributed by atoms with Gasteiger partial charge in [0.05, 0.1) is 34.8 Å². The Kier molecular flexibility index (Phi) is 5.30. The Morgan fingerprint density at radius 2 is 1.92 bits per heavy atom. The molecule has 2 aromatic carbocycles. The van der Waals surface area contributed by atoms with Gasteiger partial charge in [-0.05, 0) is 53.7 Å². The highest BCUT2D eigenvalue weighted by Crippen LogP contribution is 2.26. The molecule has 0 aliphatic carbocycles. The van der Waals surface area contributed by atoms with Gasteiger partial charge in [-0.1, -0.05) is 36.4 Å². The average molecular weight is 477 g/mol. The van der Waals surface area contributed by atoms with E-state index in [-0.39, 0.29) is 5.91 Å². The Balaban J connectivity index is 1.41. The van der Waals surface area contributed by atoms with Crippen molar-refractivity contribution < 1.29 is 9.21 Å². The SMILES string of the molecule is Cc1nnnn1-c1cccc(NC(=O)c2cc(-c3ccccc3)nc3c2cnn3Cc2ccco2)c1. The normalized spacial score (nSPS) is 11.1. The van der Waals surface area contributed by atoms with Gasteiger partial charge in [-0.15, -0.1) is 5.10 Å². The minimum Gasteiger partial charge on any atom is -0.467 e. The molecule has 0 atom stereocenters. The highest BCUT2D eigenvalue weighted by Gasteiger charge is 2.19. The zero-order valence-electron chi connectivity index (χ0n) is 19.2. The van der Waals surface area contributed by atoms with E-state index in [4.69, 9.17) is 9.40 Å². The molecule has 6 rings (SSSR count). The summed E-state index contributed by atoms with van der Waals surface area (Å²) in [6.07, 6.45) is 3.28. The van der Waals surface area contributed by atoms with Crippen LogP contribution in [0.4, 0.5) is 5.69 Å². The number of fused-ring (bicyclic) bond motifs is 1. The van der Waals surface area contributed by atoms with E-state index in [2.05, 4.69) is 25.9 Å². The Labute approximate surface area is 205 Å². The number of aromatic nitrogens is 7. The molecule has 4 aromatic heterocycles. The molecule has 10 heteroatoms. The second kappa shape index (κ2) is 8.91. The number of furan rings is 1. The molecule has 0 bridgehead atoms. The molecule has 1 amide bonds. The van der Waals surface area contributed by atoms with Crippen molar-refractivity contribution in [1.29, 1.82) is 0 Å². The highest BCUT2D eigenvalue weighted by molar-refractivity contribution is 6.12. The first-order chi connectivity index (χ1) is 17.7. The number of benzene rings is 2. The van der Waals surface area contributed by atoms with Crippen LogP contribution in [-0.4, -0.2) is 40.9 Å². The average Bonchev–Trinajstić information content (AvgIpc) is 3.66.